The number of carbonyl (C=O) groups excluding carboxylic acids is 1. The lowest BCUT2D eigenvalue weighted by atomic mass is 10.2. The van der Waals surface area contributed by atoms with Gasteiger partial charge in [0, 0.05) is 24.1 Å². The second kappa shape index (κ2) is 3.74. The van der Waals surface area contributed by atoms with E-state index in [0.29, 0.717) is 5.25 Å². The Balaban J connectivity index is 1.93. The van der Waals surface area contributed by atoms with Crippen molar-refractivity contribution in [3.63, 3.8) is 0 Å². The predicted octanol–water partition coefficient (Wildman–Crippen LogP) is 0.832. The van der Waals surface area contributed by atoms with Crippen LogP contribution in [0.3, 0.4) is 0 Å². The number of nitrogens with zero attached hydrogens (tertiary/aromatic N) is 1. The van der Waals surface area contributed by atoms with Gasteiger partial charge in [-0.15, -0.1) is 0 Å². The van der Waals surface area contributed by atoms with Crippen LogP contribution in [-0.4, -0.2) is 40.4 Å². The first-order chi connectivity index (χ1) is 6.65. The zero-order valence-electron chi connectivity index (χ0n) is 8.66. The van der Waals surface area contributed by atoms with Crippen LogP contribution < -0.4 is 5.73 Å². The molecule has 1 atom stereocenters. The second-order valence-electron chi connectivity index (χ2n) is 4.31. The maximum atomic E-state index is 11.9. The molecule has 1 amide bonds. The topological polar surface area (TPSA) is 46.3 Å². The van der Waals surface area contributed by atoms with Gasteiger partial charge in [0.25, 0.3) is 0 Å². The van der Waals surface area contributed by atoms with E-state index in [4.69, 9.17) is 5.73 Å². The molecule has 2 fully saturated rings. The van der Waals surface area contributed by atoms with Gasteiger partial charge in [0.05, 0.1) is 5.54 Å². The molecule has 1 aliphatic heterocycles. The lowest BCUT2D eigenvalue weighted by Gasteiger charge is -2.33. The molecular formula is C10H18N2OS. The van der Waals surface area contributed by atoms with Gasteiger partial charge in [-0.2, -0.15) is 11.8 Å². The van der Waals surface area contributed by atoms with Crippen molar-refractivity contribution in [1.29, 1.82) is 0 Å². The molecule has 1 saturated heterocycles. The lowest BCUT2D eigenvalue weighted by molar-refractivity contribution is -0.133. The van der Waals surface area contributed by atoms with Crippen molar-refractivity contribution >= 4 is 17.7 Å². The second-order valence-corrected chi connectivity index (χ2v) is 5.72. The van der Waals surface area contributed by atoms with Crippen molar-refractivity contribution < 1.29 is 4.79 Å². The Morgan fingerprint density at radius 3 is 2.93 bits per heavy atom. The molecule has 1 aliphatic carbocycles. The highest BCUT2D eigenvalue weighted by Gasteiger charge is 2.48. The van der Waals surface area contributed by atoms with Crippen molar-refractivity contribution in [3.8, 4) is 0 Å². The molecule has 0 aromatic rings. The predicted molar refractivity (Wildman–Crippen MR) is 59.3 cm³/mol. The van der Waals surface area contributed by atoms with Crippen LogP contribution in [0.4, 0.5) is 0 Å². The molecule has 2 rings (SSSR count). The summed E-state index contributed by atoms with van der Waals surface area (Å²) in [6.07, 6.45) is 2.91. The Hall–Kier alpha value is -0.220. The van der Waals surface area contributed by atoms with Gasteiger partial charge in [-0.25, -0.2) is 0 Å². The van der Waals surface area contributed by atoms with Gasteiger partial charge in [-0.1, -0.05) is 6.92 Å². The summed E-state index contributed by atoms with van der Waals surface area (Å²) in [4.78, 5) is 13.9. The molecule has 80 valence electrons. The summed E-state index contributed by atoms with van der Waals surface area (Å²) in [5, 5.41) is 0.620. The summed E-state index contributed by atoms with van der Waals surface area (Å²) in [5.41, 5.74) is 5.44. The summed E-state index contributed by atoms with van der Waals surface area (Å²) in [6, 6.07) is 0. The minimum atomic E-state index is -0.472. The normalized spacial score (nSPS) is 30.1. The van der Waals surface area contributed by atoms with E-state index in [9.17, 15) is 4.79 Å². The highest BCUT2D eigenvalue weighted by Crippen LogP contribution is 2.35. The van der Waals surface area contributed by atoms with Gasteiger partial charge in [0.2, 0.25) is 5.91 Å². The van der Waals surface area contributed by atoms with Crippen LogP contribution in [0.15, 0.2) is 0 Å². The van der Waals surface area contributed by atoms with Crippen molar-refractivity contribution in [3.05, 3.63) is 0 Å². The van der Waals surface area contributed by atoms with Crippen molar-refractivity contribution in [2.45, 2.75) is 37.0 Å². The van der Waals surface area contributed by atoms with E-state index < -0.39 is 5.54 Å². The fourth-order valence-corrected chi connectivity index (χ4v) is 2.99. The average Bonchev–Trinajstić information content (AvgIpc) is 2.97. The van der Waals surface area contributed by atoms with Gasteiger partial charge in [0.1, 0.15) is 0 Å². The number of hydrogen-bond acceptors (Lipinski definition) is 3. The Bertz CT molecular complexity index is 240. The smallest absolute Gasteiger partial charge is 0.242 e. The molecule has 1 saturated carbocycles. The standard InChI is InChI=1S/C10H18N2OS/c1-2-8-7-12(5-6-14-8)9(13)10(11)3-4-10/h8H,2-7,11H2,1H3. The third-order valence-corrected chi connectivity index (χ3v) is 4.47. The van der Waals surface area contributed by atoms with E-state index in [2.05, 4.69) is 6.92 Å². The van der Waals surface area contributed by atoms with Crippen molar-refractivity contribution in [1.82, 2.24) is 4.90 Å². The maximum Gasteiger partial charge on any atom is 0.242 e. The van der Waals surface area contributed by atoms with Gasteiger partial charge in [0.15, 0.2) is 0 Å². The van der Waals surface area contributed by atoms with E-state index in [-0.39, 0.29) is 5.91 Å². The first-order valence-electron chi connectivity index (χ1n) is 5.35. The largest absolute Gasteiger partial charge is 0.339 e. The van der Waals surface area contributed by atoms with Gasteiger partial charge >= 0.3 is 0 Å². The van der Waals surface area contributed by atoms with Gasteiger partial charge in [-0.05, 0) is 19.3 Å². The fourth-order valence-electron chi connectivity index (χ4n) is 1.81. The average molecular weight is 214 g/mol. The first-order valence-corrected chi connectivity index (χ1v) is 6.40. The van der Waals surface area contributed by atoms with Crippen LogP contribution in [0.1, 0.15) is 26.2 Å². The van der Waals surface area contributed by atoms with Crippen molar-refractivity contribution in [2.24, 2.45) is 5.73 Å². The van der Waals surface area contributed by atoms with Crippen LogP contribution in [0.5, 0.6) is 0 Å². The van der Waals surface area contributed by atoms with Crippen LogP contribution in [0.2, 0.25) is 0 Å². The van der Waals surface area contributed by atoms with E-state index in [1.165, 1.54) is 0 Å². The summed E-state index contributed by atoms with van der Waals surface area (Å²) in [5.74, 6) is 1.26. The number of nitrogens with two attached hydrogens (primary N) is 1. The van der Waals surface area contributed by atoms with Crippen LogP contribution in [0.25, 0.3) is 0 Å². The fraction of sp³-hybridized carbons (Fsp3) is 0.900. The van der Waals surface area contributed by atoms with Crippen LogP contribution in [-0.2, 0) is 4.79 Å². The zero-order valence-corrected chi connectivity index (χ0v) is 9.48. The van der Waals surface area contributed by atoms with E-state index in [0.717, 1.165) is 38.1 Å². The number of amides is 1. The van der Waals surface area contributed by atoms with Gasteiger partial charge in [-0.3, -0.25) is 4.79 Å². The molecule has 14 heavy (non-hydrogen) atoms. The summed E-state index contributed by atoms with van der Waals surface area (Å²) in [6.45, 7) is 3.97. The number of hydrogen-bond donors (Lipinski definition) is 1. The monoisotopic (exact) mass is 214 g/mol. The molecule has 0 aromatic heterocycles. The van der Waals surface area contributed by atoms with Gasteiger partial charge < -0.3 is 10.6 Å². The van der Waals surface area contributed by atoms with E-state index in [1.54, 1.807) is 0 Å². The highest BCUT2D eigenvalue weighted by atomic mass is 32.2. The summed E-state index contributed by atoms with van der Waals surface area (Å²) < 4.78 is 0. The summed E-state index contributed by atoms with van der Waals surface area (Å²) in [7, 11) is 0. The Morgan fingerprint density at radius 1 is 1.64 bits per heavy atom. The lowest BCUT2D eigenvalue weighted by Crippen LogP contribution is -2.50. The van der Waals surface area contributed by atoms with Crippen molar-refractivity contribution in [2.75, 3.05) is 18.8 Å². The Morgan fingerprint density at radius 2 is 2.36 bits per heavy atom. The number of rotatable bonds is 2. The molecule has 2 N–H and O–H groups in total. The summed E-state index contributed by atoms with van der Waals surface area (Å²) >= 11 is 1.98. The molecule has 0 bridgehead atoms. The van der Waals surface area contributed by atoms with Crippen LogP contribution >= 0.6 is 11.8 Å². The zero-order chi connectivity index (χ0) is 10.2. The molecule has 2 aliphatic rings. The quantitative estimate of drug-likeness (QED) is 0.740. The first kappa shape index (κ1) is 10.3. The third-order valence-electron chi connectivity index (χ3n) is 3.10. The SMILES string of the molecule is CCC1CN(C(=O)C2(N)CC2)CCS1. The Labute approximate surface area is 89.4 Å². The molecule has 1 unspecified atom stereocenters. The molecule has 0 radical (unpaired) electrons. The number of thioether (sulfide) groups is 1. The Kier molecular flexibility index (Phi) is 2.75. The highest BCUT2D eigenvalue weighted by molar-refractivity contribution is 8.00. The van der Waals surface area contributed by atoms with Crippen LogP contribution in [0, 0.1) is 0 Å². The number of carbonyl (C=O) groups is 1. The molecular weight excluding hydrogens is 196 g/mol. The molecule has 0 aromatic carbocycles. The minimum Gasteiger partial charge on any atom is -0.339 e. The molecule has 3 nitrogen and oxygen atoms in total. The molecule has 0 spiro atoms. The third kappa shape index (κ3) is 1.91. The van der Waals surface area contributed by atoms with E-state index >= 15 is 0 Å². The molecule has 1 heterocycles. The van der Waals surface area contributed by atoms with E-state index in [1.807, 2.05) is 16.7 Å². The maximum absolute atomic E-state index is 11.9. The minimum absolute atomic E-state index is 0.191. The molecule has 4 heteroatoms.